The molecule has 3 N–H and O–H groups in total. The van der Waals surface area contributed by atoms with Crippen LogP contribution in [0.3, 0.4) is 0 Å². The average molecular weight is 206 g/mol. The zero-order chi connectivity index (χ0) is 10.9. The maximum Gasteiger partial charge on any atom is 0.407 e. The van der Waals surface area contributed by atoms with Gasteiger partial charge in [0.1, 0.15) is 6.61 Å². The molecule has 0 spiro atoms. The third-order valence-corrected chi connectivity index (χ3v) is 2.75. The number of rotatable bonds is 1. The monoisotopic (exact) mass is 206 g/mol. The second kappa shape index (κ2) is 3.46. The first kappa shape index (κ1) is 9.83. The zero-order valence-corrected chi connectivity index (χ0v) is 8.62. The molecule has 80 valence electrons. The fraction of sp³-hybridized carbons (Fsp3) is 0.364. The fourth-order valence-corrected chi connectivity index (χ4v) is 1.67. The summed E-state index contributed by atoms with van der Waals surface area (Å²) in [4.78, 5) is 10.9. The van der Waals surface area contributed by atoms with Gasteiger partial charge < -0.3 is 15.8 Å². The van der Waals surface area contributed by atoms with E-state index in [0.29, 0.717) is 13.2 Å². The van der Waals surface area contributed by atoms with Gasteiger partial charge in [-0.25, -0.2) is 4.79 Å². The van der Waals surface area contributed by atoms with Gasteiger partial charge in [-0.15, -0.1) is 0 Å². The molecule has 4 heteroatoms. The molecule has 0 radical (unpaired) electrons. The number of amides is 1. The number of ether oxygens (including phenoxy) is 1. The van der Waals surface area contributed by atoms with E-state index in [2.05, 4.69) is 12.2 Å². The van der Waals surface area contributed by atoms with Crippen molar-refractivity contribution in [1.82, 2.24) is 5.32 Å². The topological polar surface area (TPSA) is 64.3 Å². The molecule has 1 aromatic carbocycles. The molecule has 1 fully saturated rings. The van der Waals surface area contributed by atoms with Crippen LogP contribution < -0.4 is 11.1 Å². The van der Waals surface area contributed by atoms with Gasteiger partial charge in [-0.05, 0) is 17.7 Å². The van der Waals surface area contributed by atoms with E-state index in [0.717, 1.165) is 11.3 Å². The van der Waals surface area contributed by atoms with Crippen LogP contribution in [-0.4, -0.2) is 19.2 Å². The van der Waals surface area contributed by atoms with Crippen molar-refractivity contribution in [3.63, 3.8) is 0 Å². The zero-order valence-electron chi connectivity index (χ0n) is 8.62. The second-order valence-electron chi connectivity index (χ2n) is 4.11. The Bertz CT molecular complexity index is 363. The van der Waals surface area contributed by atoms with Crippen LogP contribution in [0.25, 0.3) is 0 Å². The number of nitrogens with two attached hydrogens (primary N) is 1. The molecule has 4 nitrogen and oxygen atoms in total. The minimum absolute atomic E-state index is 0.165. The van der Waals surface area contributed by atoms with Gasteiger partial charge in [0, 0.05) is 17.6 Å². The normalized spacial score (nSPS) is 25.5. The molecular weight excluding hydrogens is 192 g/mol. The Morgan fingerprint density at radius 1 is 1.40 bits per heavy atom. The average Bonchev–Trinajstić information content (AvgIpc) is 2.24. The first-order chi connectivity index (χ1) is 7.10. The molecular formula is C11H14N2O2. The molecule has 1 aliphatic heterocycles. The van der Waals surface area contributed by atoms with E-state index in [-0.39, 0.29) is 11.5 Å². The van der Waals surface area contributed by atoms with E-state index in [4.69, 9.17) is 10.5 Å². The summed E-state index contributed by atoms with van der Waals surface area (Å²) in [5.74, 6) is 0. The molecule has 1 aliphatic rings. The first-order valence-corrected chi connectivity index (χ1v) is 4.87. The molecule has 0 bridgehead atoms. The van der Waals surface area contributed by atoms with Gasteiger partial charge in [0.15, 0.2) is 0 Å². The highest BCUT2D eigenvalue weighted by Gasteiger charge is 2.32. The van der Waals surface area contributed by atoms with Crippen molar-refractivity contribution < 1.29 is 9.53 Å². The molecule has 0 saturated carbocycles. The molecule has 15 heavy (non-hydrogen) atoms. The second-order valence-corrected chi connectivity index (χ2v) is 4.11. The number of cyclic esters (lactones) is 1. The van der Waals surface area contributed by atoms with Crippen molar-refractivity contribution in [1.29, 1.82) is 0 Å². The predicted molar refractivity (Wildman–Crippen MR) is 57.6 cm³/mol. The number of carbonyl (C=O) groups excluding carboxylic acids is 1. The number of nitrogens with one attached hydrogen (secondary N) is 1. The van der Waals surface area contributed by atoms with Gasteiger partial charge >= 0.3 is 6.09 Å². The van der Waals surface area contributed by atoms with Gasteiger partial charge in [-0.2, -0.15) is 0 Å². The van der Waals surface area contributed by atoms with Crippen molar-refractivity contribution in [2.45, 2.75) is 12.3 Å². The number of hydrogen-bond acceptors (Lipinski definition) is 3. The van der Waals surface area contributed by atoms with Crippen LogP contribution in [-0.2, 0) is 10.2 Å². The summed E-state index contributed by atoms with van der Waals surface area (Å²) in [6, 6.07) is 7.65. The van der Waals surface area contributed by atoms with Crippen molar-refractivity contribution in [2.75, 3.05) is 18.9 Å². The lowest BCUT2D eigenvalue weighted by molar-refractivity contribution is 0.0929. The Balaban J connectivity index is 2.22. The summed E-state index contributed by atoms with van der Waals surface area (Å²) >= 11 is 0. The predicted octanol–water partition coefficient (Wildman–Crippen LogP) is 1.27. The maximum atomic E-state index is 10.9. The number of nitrogen functional groups attached to an aromatic ring is 1. The number of hydrogen-bond donors (Lipinski definition) is 2. The van der Waals surface area contributed by atoms with Gasteiger partial charge in [0.25, 0.3) is 0 Å². The molecule has 1 amide bonds. The Morgan fingerprint density at radius 2 is 2.07 bits per heavy atom. The van der Waals surface area contributed by atoms with Gasteiger partial charge in [-0.1, -0.05) is 19.1 Å². The van der Waals surface area contributed by atoms with E-state index in [1.807, 2.05) is 24.3 Å². The molecule has 2 rings (SSSR count). The number of anilines is 1. The summed E-state index contributed by atoms with van der Waals surface area (Å²) in [5.41, 5.74) is 7.32. The van der Waals surface area contributed by atoms with Gasteiger partial charge in [0.2, 0.25) is 0 Å². The summed E-state index contributed by atoms with van der Waals surface area (Å²) < 4.78 is 5.00. The highest BCUT2D eigenvalue weighted by Crippen LogP contribution is 2.26. The lowest BCUT2D eigenvalue weighted by Crippen LogP contribution is -2.48. The Hall–Kier alpha value is -1.71. The van der Waals surface area contributed by atoms with E-state index < -0.39 is 0 Å². The van der Waals surface area contributed by atoms with Crippen molar-refractivity contribution in [3.8, 4) is 0 Å². The quantitative estimate of drug-likeness (QED) is 0.680. The lowest BCUT2D eigenvalue weighted by Gasteiger charge is -2.33. The molecule has 1 aromatic rings. The van der Waals surface area contributed by atoms with E-state index in [9.17, 15) is 4.79 Å². The molecule has 0 aromatic heterocycles. The van der Waals surface area contributed by atoms with Gasteiger partial charge in [0.05, 0.1) is 0 Å². The highest BCUT2D eigenvalue weighted by molar-refractivity contribution is 5.68. The van der Waals surface area contributed by atoms with E-state index in [1.54, 1.807) is 0 Å². The van der Waals surface area contributed by atoms with Crippen LogP contribution in [0.2, 0.25) is 0 Å². The summed E-state index contributed by atoms with van der Waals surface area (Å²) in [6.07, 6.45) is -0.345. The van der Waals surface area contributed by atoms with Crippen molar-refractivity contribution in [3.05, 3.63) is 29.8 Å². The minimum atomic E-state index is -0.345. The molecule has 1 unspecified atom stereocenters. The highest BCUT2D eigenvalue weighted by atomic mass is 16.6. The third-order valence-electron chi connectivity index (χ3n) is 2.75. The molecule has 1 heterocycles. The largest absolute Gasteiger partial charge is 0.449 e. The molecule has 0 aliphatic carbocycles. The summed E-state index contributed by atoms with van der Waals surface area (Å²) in [7, 11) is 0. The van der Waals surface area contributed by atoms with Crippen LogP contribution in [0.4, 0.5) is 10.5 Å². The number of carbonyl (C=O) groups is 1. The first-order valence-electron chi connectivity index (χ1n) is 4.87. The molecule has 1 saturated heterocycles. The lowest BCUT2D eigenvalue weighted by atomic mass is 9.82. The van der Waals surface area contributed by atoms with E-state index >= 15 is 0 Å². The van der Waals surface area contributed by atoms with Crippen LogP contribution >= 0.6 is 0 Å². The maximum absolute atomic E-state index is 10.9. The fourth-order valence-electron chi connectivity index (χ4n) is 1.67. The summed E-state index contributed by atoms with van der Waals surface area (Å²) in [5, 5.41) is 2.69. The van der Waals surface area contributed by atoms with Crippen LogP contribution in [0.5, 0.6) is 0 Å². The van der Waals surface area contributed by atoms with Crippen molar-refractivity contribution in [2.24, 2.45) is 0 Å². The third kappa shape index (κ3) is 1.88. The van der Waals surface area contributed by atoms with Crippen LogP contribution in [0.1, 0.15) is 12.5 Å². The Kier molecular flexibility index (Phi) is 2.26. The summed E-state index contributed by atoms with van der Waals surface area (Å²) in [6.45, 7) is 3.05. The Labute approximate surface area is 88.4 Å². The van der Waals surface area contributed by atoms with E-state index in [1.165, 1.54) is 0 Å². The van der Waals surface area contributed by atoms with Crippen molar-refractivity contribution >= 4 is 11.8 Å². The Morgan fingerprint density at radius 3 is 2.60 bits per heavy atom. The van der Waals surface area contributed by atoms with Crippen LogP contribution in [0.15, 0.2) is 24.3 Å². The molecule has 1 atom stereocenters. The number of benzene rings is 1. The SMILES string of the molecule is CC1(c2ccc(N)cc2)CNC(=O)OC1. The van der Waals surface area contributed by atoms with Crippen LogP contribution in [0, 0.1) is 0 Å². The minimum Gasteiger partial charge on any atom is -0.449 e. The van der Waals surface area contributed by atoms with Gasteiger partial charge in [-0.3, -0.25) is 0 Å². The standard InChI is InChI=1S/C11H14N2O2/c1-11(6-13-10(14)15-7-11)8-2-4-9(12)5-3-8/h2-5H,6-7,12H2,1H3,(H,13,14). The smallest absolute Gasteiger partial charge is 0.407 e. The number of alkyl carbamates (subject to hydrolysis) is 1.